The van der Waals surface area contributed by atoms with Gasteiger partial charge in [0.05, 0.1) is 30.6 Å². The van der Waals surface area contributed by atoms with E-state index in [1.54, 1.807) is 30.3 Å². The number of nitrogens with zero attached hydrogens (tertiary/aromatic N) is 2. The van der Waals surface area contributed by atoms with Crippen LogP contribution in [0.2, 0.25) is 0 Å². The Balaban J connectivity index is 1.56. The number of carbonyl (C=O) groups is 1. The lowest BCUT2D eigenvalue weighted by atomic mass is 9.90. The van der Waals surface area contributed by atoms with Gasteiger partial charge in [-0.25, -0.2) is 0 Å². The van der Waals surface area contributed by atoms with Crippen molar-refractivity contribution in [2.45, 2.75) is 50.5 Å². The molecule has 1 aliphatic carbocycles. The van der Waals surface area contributed by atoms with Crippen LogP contribution in [0.4, 0.5) is 24.5 Å². The van der Waals surface area contributed by atoms with Crippen molar-refractivity contribution in [2.75, 3.05) is 38.4 Å². The lowest BCUT2D eigenvalue weighted by Crippen LogP contribution is -2.36. The van der Waals surface area contributed by atoms with Crippen LogP contribution in [0.25, 0.3) is 10.9 Å². The largest absolute Gasteiger partial charge is 0.495 e. The molecule has 0 radical (unpaired) electrons. The predicted molar refractivity (Wildman–Crippen MR) is 148 cm³/mol. The highest BCUT2D eigenvalue weighted by Gasteiger charge is 2.30. The van der Waals surface area contributed by atoms with E-state index in [4.69, 9.17) is 10.5 Å². The number of ether oxygens (including phenoxy) is 1. The van der Waals surface area contributed by atoms with Crippen molar-refractivity contribution < 1.29 is 22.7 Å². The van der Waals surface area contributed by atoms with E-state index >= 15 is 0 Å². The molecule has 208 valence electrons. The molecule has 0 atom stereocenters. The summed E-state index contributed by atoms with van der Waals surface area (Å²) in [5.74, 6) is 5.67. The summed E-state index contributed by atoms with van der Waals surface area (Å²) in [5.41, 5.74) is 7.79. The summed E-state index contributed by atoms with van der Waals surface area (Å²) < 4.78 is 47.1. The number of nitrogens with one attached hydrogen (secondary N) is 2. The Labute approximate surface area is 226 Å². The van der Waals surface area contributed by atoms with Gasteiger partial charge >= 0.3 is 6.18 Å². The van der Waals surface area contributed by atoms with E-state index in [1.165, 1.54) is 17.7 Å². The van der Waals surface area contributed by atoms with Gasteiger partial charge in [-0.3, -0.25) is 4.79 Å². The normalized spacial score (nSPS) is 17.5. The van der Waals surface area contributed by atoms with E-state index in [0.29, 0.717) is 28.6 Å². The van der Waals surface area contributed by atoms with Crippen molar-refractivity contribution in [3.05, 3.63) is 53.7 Å². The zero-order valence-electron chi connectivity index (χ0n) is 22.4. The Morgan fingerprint density at radius 3 is 2.51 bits per heavy atom. The van der Waals surface area contributed by atoms with Crippen molar-refractivity contribution in [3.8, 4) is 17.6 Å². The number of benzene rings is 2. The topological polar surface area (TPSA) is 84.5 Å². The summed E-state index contributed by atoms with van der Waals surface area (Å²) in [6, 6.07) is 12.7. The first-order valence-electron chi connectivity index (χ1n) is 12.9. The molecule has 0 spiro atoms. The van der Waals surface area contributed by atoms with Crippen LogP contribution in [0, 0.1) is 11.8 Å². The molecule has 0 saturated heterocycles. The van der Waals surface area contributed by atoms with Crippen molar-refractivity contribution in [2.24, 2.45) is 5.73 Å². The smallest absolute Gasteiger partial charge is 0.406 e. The molecule has 0 unspecified atom stereocenters. The molecule has 2 aromatic carbocycles. The number of carbonyl (C=O) groups excluding carboxylic acids is 1. The first-order chi connectivity index (χ1) is 18.6. The Morgan fingerprint density at radius 1 is 1.13 bits per heavy atom. The van der Waals surface area contributed by atoms with E-state index in [0.717, 1.165) is 36.8 Å². The van der Waals surface area contributed by atoms with E-state index in [1.807, 2.05) is 6.07 Å². The van der Waals surface area contributed by atoms with E-state index < -0.39 is 18.6 Å². The monoisotopic (exact) mass is 541 g/mol. The summed E-state index contributed by atoms with van der Waals surface area (Å²) >= 11 is 0. The Hall–Kier alpha value is -3.84. The number of methoxy groups -OCH3 is 1. The molecule has 1 heterocycles. The number of halogens is 3. The average Bonchev–Trinajstić information content (AvgIpc) is 3.23. The fourth-order valence-electron chi connectivity index (χ4n) is 5.08. The molecule has 39 heavy (non-hydrogen) atoms. The van der Waals surface area contributed by atoms with Gasteiger partial charge in [0, 0.05) is 28.7 Å². The SMILES string of the molecule is COc1cc(C(N)=O)ccc1NCC#Cc1cc2c(N[C@H]3CC[C@@H](N(C)C)CC3)cccc2n1CC(F)(F)F. The average molecular weight is 542 g/mol. The van der Waals surface area contributed by atoms with Gasteiger partial charge < -0.3 is 30.6 Å². The van der Waals surface area contributed by atoms with Gasteiger partial charge in [0.1, 0.15) is 12.3 Å². The molecule has 1 fully saturated rings. The van der Waals surface area contributed by atoms with Crippen molar-refractivity contribution in [1.29, 1.82) is 0 Å². The third-order valence-corrected chi connectivity index (χ3v) is 7.14. The van der Waals surface area contributed by atoms with E-state index in [9.17, 15) is 18.0 Å². The van der Waals surface area contributed by atoms with Gasteiger partial charge in [-0.2, -0.15) is 13.2 Å². The van der Waals surface area contributed by atoms with Gasteiger partial charge in [-0.1, -0.05) is 12.0 Å². The molecule has 1 amide bonds. The number of hydrogen-bond acceptors (Lipinski definition) is 5. The number of alkyl halides is 3. The summed E-state index contributed by atoms with van der Waals surface area (Å²) in [4.78, 5) is 13.7. The fourth-order valence-corrected chi connectivity index (χ4v) is 5.08. The summed E-state index contributed by atoms with van der Waals surface area (Å²) in [6.45, 7) is -0.978. The van der Waals surface area contributed by atoms with Gasteiger partial charge in [-0.05, 0) is 82.1 Å². The molecular weight excluding hydrogens is 507 g/mol. The van der Waals surface area contributed by atoms with E-state index in [-0.39, 0.29) is 18.3 Å². The van der Waals surface area contributed by atoms with Crippen LogP contribution in [-0.2, 0) is 6.54 Å². The zero-order chi connectivity index (χ0) is 28.2. The Morgan fingerprint density at radius 2 is 1.87 bits per heavy atom. The second-order valence-corrected chi connectivity index (χ2v) is 10.0. The van der Waals surface area contributed by atoms with Crippen LogP contribution in [0.5, 0.6) is 5.75 Å². The quantitative estimate of drug-likeness (QED) is 0.347. The number of rotatable bonds is 8. The maximum atomic E-state index is 13.5. The Kier molecular flexibility index (Phi) is 8.60. The lowest BCUT2D eigenvalue weighted by molar-refractivity contribution is -0.140. The number of primary amides is 1. The van der Waals surface area contributed by atoms with Crippen molar-refractivity contribution in [3.63, 3.8) is 0 Å². The van der Waals surface area contributed by atoms with Gasteiger partial charge in [0.25, 0.3) is 0 Å². The molecule has 1 saturated carbocycles. The second kappa shape index (κ2) is 11.9. The number of hydrogen-bond donors (Lipinski definition) is 3. The minimum Gasteiger partial charge on any atom is -0.495 e. The third kappa shape index (κ3) is 6.98. The number of nitrogens with two attached hydrogens (primary N) is 1. The summed E-state index contributed by atoms with van der Waals surface area (Å²) in [5, 5.41) is 7.38. The highest BCUT2D eigenvalue weighted by Crippen LogP contribution is 2.32. The minimum absolute atomic E-state index is 0.153. The summed E-state index contributed by atoms with van der Waals surface area (Å²) in [6.07, 6.45) is -0.232. The molecule has 1 aliphatic rings. The van der Waals surface area contributed by atoms with Crippen LogP contribution >= 0.6 is 0 Å². The Bertz CT molecular complexity index is 1380. The first kappa shape index (κ1) is 28.2. The molecule has 7 nitrogen and oxygen atoms in total. The number of fused-ring (bicyclic) bond motifs is 1. The molecule has 3 aromatic rings. The maximum Gasteiger partial charge on any atom is 0.406 e. The molecule has 0 aliphatic heterocycles. The van der Waals surface area contributed by atoms with Crippen LogP contribution in [0.15, 0.2) is 42.5 Å². The standard InChI is InChI=1S/C29H34F3N5O2/c1-36(2)21-12-10-20(11-13-21)35-24-7-4-8-26-23(24)17-22(37(26)18-29(30,31)32)6-5-15-34-25-14-9-19(28(33)38)16-27(25)39-3/h4,7-9,14,16-17,20-21,34-35H,10-13,15,18H2,1-3H3,(H2,33,38)/t20-,21+. The fraction of sp³-hybridized carbons (Fsp3) is 0.414. The molecule has 1 aromatic heterocycles. The summed E-state index contributed by atoms with van der Waals surface area (Å²) in [7, 11) is 5.65. The predicted octanol–water partition coefficient (Wildman–Crippen LogP) is 5.06. The van der Waals surface area contributed by atoms with Gasteiger partial charge in [0.15, 0.2) is 0 Å². The van der Waals surface area contributed by atoms with Crippen LogP contribution in [-0.4, -0.2) is 61.4 Å². The number of amides is 1. The van der Waals surface area contributed by atoms with Crippen LogP contribution in [0.3, 0.4) is 0 Å². The zero-order valence-corrected chi connectivity index (χ0v) is 22.4. The van der Waals surface area contributed by atoms with Gasteiger partial charge in [-0.15, -0.1) is 0 Å². The molecule has 4 rings (SSSR count). The lowest BCUT2D eigenvalue weighted by Gasteiger charge is -2.33. The van der Waals surface area contributed by atoms with E-state index in [2.05, 4.69) is 41.5 Å². The number of anilines is 2. The van der Waals surface area contributed by atoms with Crippen LogP contribution in [0.1, 0.15) is 41.7 Å². The number of aromatic nitrogens is 1. The molecule has 10 heteroatoms. The van der Waals surface area contributed by atoms with Gasteiger partial charge in [0.2, 0.25) is 5.91 Å². The van der Waals surface area contributed by atoms with Crippen LogP contribution < -0.4 is 21.1 Å². The second-order valence-electron chi connectivity index (χ2n) is 10.0. The van der Waals surface area contributed by atoms with Crippen molar-refractivity contribution >= 4 is 28.2 Å². The highest BCUT2D eigenvalue weighted by atomic mass is 19.4. The third-order valence-electron chi connectivity index (χ3n) is 7.14. The maximum absolute atomic E-state index is 13.5. The first-order valence-corrected chi connectivity index (χ1v) is 12.9. The molecule has 4 N–H and O–H groups in total. The minimum atomic E-state index is -4.40. The highest BCUT2D eigenvalue weighted by molar-refractivity contribution is 5.94. The molecular formula is C29H34F3N5O2. The van der Waals surface area contributed by atoms with Crippen molar-refractivity contribution in [1.82, 2.24) is 9.47 Å². The molecule has 0 bridgehead atoms.